The molecule has 0 saturated carbocycles. The van der Waals surface area contributed by atoms with E-state index in [1.54, 1.807) is 6.92 Å². The predicted octanol–water partition coefficient (Wildman–Crippen LogP) is -0.597. The number of carbonyl (C=O) groups is 3. The highest BCUT2D eigenvalue weighted by Gasteiger charge is 2.34. The standard InChI is InChI=1S/C22H35N5O4/c1-15(28)18(9-10-23)25-22(30)20(16(2)31-3)26-21(29)19-13-24-11-12-27(19)14-17-7-5-4-6-8-17/h4-8,16,18-20,24H,9-14,23H2,1-3H3,(H,25,30)(H,26,29)/t16-,18-,19-,20-/m0/s1. The topological polar surface area (TPSA) is 126 Å². The molecule has 1 aliphatic heterocycles. The molecule has 5 N–H and O–H groups in total. The summed E-state index contributed by atoms with van der Waals surface area (Å²) in [7, 11) is 1.48. The van der Waals surface area contributed by atoms with Crippen LogP contribution in [0.5, 0.6) is 0 Å². The summed E-state index contributed by atoms with van der Waals surface area (Å²) in [5.41, 5.74) is 6.67. The Morgan fingerprint density at radius 2 is 1.97 bits per heavy atom. The second-order valence-electron chi connectivity index (χ2n) is 7.85. The summed E-state index contributed by atoms with van der Waals surface area (Å²) >= 11 is 0. The molecule has 1 fully saturated rings. The van der Waals surface area contributed by atoms with Crippen LogP contribution in [0.3, 0.4) is 0 Å². The number of amides is 2. The van der Waals surface area contributed by atoms with Crippen LogP contribution >= 0.6 is 0 Å². The van der Waals surface area contributed by atoms with Gasteiger partial charge < -0.3 is 26.4 Å². The quantitative estimate of drug-likeness (QED) is 0.367. The van der Waals surface area contributed by atoms with Gasteiger partial charge in [-0.2, -0.15) is 0 Å². The van der Waals surface area contributed by atoms with Crippen molar-refractivity contribution in [3.8, 4) is 0 Å². The number of nitrogens with two attached hydrogens (primary N) is 1. The van der Waals surface area contributed by atoms with Crippen LogP contribution < -0.4 is 21.7 Å². The summed E-state index contributed by atoms with van der Waals surface area (Å²) in [5, 5.41) is 8.79. The minimum Gasteiger partial charge on any atom is -0.379 e. The van der Waals surface area contributed by atoms with Gasteiger partial charge in [-0.15, -0.1) is 0 Å². The molecule has 9 nitrogen and oxygen atoms in total. The number of rotatable bonds is 11. The second-order valence-corrected chi connectivity index (χ2v) is 7.85. The summed E-state index contributed by atoms with van der Waals surface area (Å²) in [4.78, 5) is 40.0. The Morgan fingerprint density at radius 1 is 1.26 bits per heavy atom. The average Bonchev–Trinajstić information content (AvgIpc) is 2.77. The van der Waals surface area contributed by atoms with Crippen LogP contribution in [0.1, 0.15) is 25.8 Å². The molecule has 1 aromatic rings. The molecule has 1 saturated heterocycles. The van der Waals surface area contributed by atoms with Gasteiger partial charge in [0.15, 0.2) is 5.78 Å². The first-order chi connectivity index (χ1) is 14.9. The fraction of sp³-hybridized carbons (Fsp3) is 0.591. The van der Waals surface area contributed by atoms with Gasteiger partial charge in [0, 0.05) is 33.3 Å². The number of Topliss-reactive ketones (excluding diaryl/α,β-unsaturated/α-hetero) is 1. The Kier molecular flexibility index (Phi) is 10.1. The van der Waals surface area contributed by atoms with Gasteiger partial charge in [-0.3, -0.25) is 19.3 Å². The molecule has 9 heteroatoms. The fourth-order valence-corrected chi connectivity index (χ4v) is 3.60. The fourth-order valence-electron chi connectivity index (χ4n) is 3.60. The second kappa shape index (κ2) is 12.5. The van der Waals surface area contributed by atoms with Crippen molar-refractivity contribution in [3.63, 3.8) is 0 Å². The molecule has 172 valence electrons. The number of nitrogens with one attached hydrogen (secondary N) is 3. The van der Waals surface area contributed by atoms with Gasteiger partial charge >= 0.3 is 0 Å². The molecule has 0 aromatic heterocycles. The zero-order chi connectivity index (χ0) is 22.8. The Balaban J connectivity index is 2.10. The number of carbonyl (C=O) groups excluding carboxylic acids is 3. The zero-order valence-corrected chi connectivity index (χ0v) is 18.6. The van der Waals surface area contributed by atoms with E-state index < -0.39 is 30.1 Å². The molecule has 0 spiro atoms. The lowest BCUT2D eigenvalue weighted by molar-refractivity contribution is -0.136. The van der Waals surface area contributed by atoms with E-state index in [0.29, 0.717) is 26.1 Å². The van der Waals surface area contributed by atoms with Gasteiger partial charge in [0.1, 0.15) is 12.1 Å². The molecular weight excluding hydrogens is 398 g/mol. The molecule has 4 atom stereocenters. The maximum atomic E-state index is 13.2. The number of ketones is 1. The highest BCUT2D eigenvalue weighted by atomic mass is 16.5. The Hall–Kier alpha value is -2.33. The molecule has 2 rings (SSSR count). The Labute approximate surface area is 184 Å². The number of ether oxygens (including phenoxy) is 1. The molecular formula is C22H35N5O4. The third kappa shape index (κ3) is 7.39. The van der Waals surface area contributed by atoms with Crippen LogP contribution in [-0.4, -0.2) is 80.0 Å². The van der Waals surface area contributed by atoms with Crippen LogP contribution in [0.4, 0.5) is 0 Å². The number of benzene rings is 1. The zero-order valence-electron chi connectivity index (χ0n) is 18.6. The number of hydrogen-bond donors (Lipinski definition) is 4. The van der Waals surface area contributed by atoms with Crippen molar-refractivity contribution in [2.75, 3.05) is 33.3 Å². The van der Waals surface area contributed by atoms with Crippen LogP contribution in [-0.2, 0) is 25.7 Å². The van der Waals surface area contributed by atoms with Crippen molar-refractivity contribution in [1.82, 2.24) is 20.9 Å². The van der Waals surface area contributed by atoms with E-state index in [2.05, 4.69) is 20.9 Å². The lowest BCUT2D eigenvalue weighted by Crippen LogP contribution is -2.62. The van der Waals surface area contributed by atoms with Gasteiger partial charge in [-0.25, -0.2) is 0 Å². The predicted molar refractivity (Wildman–Crippen MR) is 118 cm³/mol. The molecule has 0 bridgehead atoms. The van der Waals surface area contributed by atoms with Gasteiger partial charge in [0.2, 0.25) is 11.8 Å². The third-order valence-electron chi connectivity index (χ3n) is 5.57. The van der Waals surface area contributed by atoms with Gasteiger partial charge in [0.05, 0.1) is 12.1 Å². The first-order valence-corrected chi connectivity index (χ1v) is 10.7. The van der Waals surface area contributed by atoms with E-state index in [4.69, 9.17) is 10.5 Å². The average molecular weight is 434 g/mol. The largest absolute Gasteiger partial charge is 0.379 e. The van der Waals surface area contributed by atoms with E-state index in [1.807, 2.05) is 30.3 Å². The maximum absolute atomic E-state index is 13.2. The lowest BCUT2D eigenvalue weighted by Gasteiger charge is -2.36. The van der Waals surface area contributed by atoms with Crippen molar-refractivity contribution >= 4 is 17.6 Å². The monoisotopic (exact) mass is 433 g/mol. The van der Waals surface area contributed by atoms with Crippen molar-refractivity contribution in [1.29, 1.82) is 0 Å². The first kappa shape index (κ1) is 24.9. The minimum atomic E-state index is -0.933. The van der Waals surface area contributed by atoms with Crippen LogP contribution in [0.2, 0.25) is 0 Å². The van der Waals surface area contributed by atoms with Crippen molar-refractivity contribution in [2.45, 2.75) is 51.0 Å². The normalized spacial score (nSPS) is 19.8. The molecule has 2 amide bonds. The smallest absolute Gasteiger partial charge is 0.245 e. The van der Waals surface area contributed by atoms with Crippen molar-refractivity contribution in [2.24, 2.45) is 5.73 Å². The summed E-state index contributed by atoms with van der Waals surface area (Å²) < 4.78 is 5.33. The van der Waals surface area contributed by atoms with Gasteiger partial charge in [0.25, 0.3) is 0 Å². The summed E-state index contributed by atoms with van der Waals surface area (Å²) in [5.74, 6) is -0.903. The van der Waals surface area contributed by atoms with Crippen molar-refractivity contribution in [3.05, 3.63) is 35.9 Å². The Bertz CT molecular complexity index is 730. The number of piperazine rings is 1. The van der Waals surface area contributed by atoms with E-state index in [0.717, 1.165) is 12.1 Å². The molecule has 0 aliphatic carbocycles. The lowest BCUT2D eigenvalue weighted by atomic mass is 10.1. The summed E-state index contributed by atoms with van der Waals surface area (Å²) in [6.07, 6.45) is -0.242. The van der Waals surface area contributed by atoms with Crippen LogP contribution in [0.15, 0.2) is 30.3 Å². The highest BCUT2D eigenvalue weighted by Crippen LogP contribution is 2.12. The number of hydrogen-bond acceptors (Lipinski definition) is 7. The molecule has 1 aliphatic rings. The van der Waals surface area contributed by atoms with Gasteiger partial charge in [-0.1, -0.05) is 30.3 Å². The number of methoxy groups -OCH3 is 1. The first-order valence-electron chi connectivity index (χ1n) is 10.7. The molecule has 1 heterocycles. The molecule has 31 heavy (non-hydrogen) atoms. The SMILES string of the molecule is CO[C@@H](C)[C@H](NC(=O)[C@@H]1CNCCN1Cc1ccccc1)C(=O)N[C@@H](CCN)C(C)=O. The van der Waals surface area contributed by atoms with E-state index >= 15 is 0 Å². The van der Waals surface area contributed by atoms with Crippen LogP contribution in [0.25, 0.3) is 0 Å². The third-order valence-corrected chi connectivity index (χ3v) is 5.57. The highest BCUT2D eigenvalue weighted by molar-refractivity contribution is 5.93. The van der Waals surface area contributed by atoms with E-state index in [1.165, 1.54) is 14.0 Å². The van der Waals surface area contributed by atoms with Crippen LogP contribution in [0, 0.1) is 0 Å². The summed E-state index contributed by atoms with van der Waals surface area (Å²) in [6.45, 7) is 6.00. The van der Waals surface area contributed by atoms with E-state index in [-0.39, 0.29) is 18.2 Å². The molecule has 0 unspecified atom stereocenters. The van der Waals surface area contributed by atoms with Crippen molar-refractivity contribution < 1.29 is 19.1 Å². The van der Waals surface area contributed by atoms with E-state index in [9.17, 15) is 14.4 Å². The molecule has 1 aromatic carbocycles. The summed E-state index contributed by atoms with van der Waals surface area (Å²) in [6, 6.07) is 7.91. The Morgan fingerprint density at radius 3 is 2.58 bits per heavy atom. The van der Waals surface area contributed by atoms with Gasteiger partial charge in [-0.05, 0) is 32.4 Å². The maximum Gasteiger partial charge on any atom is 0.245 e. The number of nitrogens with zero attached hydrogens (tertiary/aromatic N) is 1. The molecule has 0 radical (unpaired) electrons. The minimum absolute atomic E-state index is 0.181.